The van der Waals surface area contributed by atoms with Crippen molar-refractivity contribution < 1.29 is 9.21 Å². The monoisotopic (exact) mass is 421 g/mol. The molecule has 144 valence electrons. The normalized spacial score (nSPS) is 11.9. The van der Waals surface area contributed by atoms with Crippen molar-refractivity contribution >= 4 is 28.9 Å². The molecule has 0 unspecified atom stereocenters. The molecule has 1 aromatic carbocycles. The van der Waals surface area contributed by atoms with Crippen molar-refractivity contribution in [1.29, 1.82) is 5.26 Å². The zero-order chi connectivity index (χ0) is 20.2. The van der Waals surface area contributed by atoms with Crippen LogP contribution in [-0.4, -0.2) is 31.3 Å². The van der Waals surface area contributed by atoms with Crippen LogP contribution in [0.1, 0.15) is 10.9 Å². The molecule has 29 heavy (non-hydrogen) atoms. The summed E-state index contributed by atoms with van der Waals surface area (Å²) in [5.74, 6) is 0.165. The van der Waals surface area contributed by atoms with Gasteiger partial charge in [-0.25, -0.2) is 4.98 Å². The number of thiazole rings is 1. The highest BCUT2D eigenvalue weighted by atomic mass is 32.2. The van der Waals surface area contributed by atoms with E-state index in [4.69, 9.17) is 4.42 Å². The first-order chi connectivity index (χ1) is 14.2. The topological polar surface area (TPSA) is 97.6 Å². The molecular weight excluding hydrogens is 406 g/mol. The molecule has 9 heteroatoms. The van der Waals surface area contributed by atoms with E-state index in [1.54, 1.807) is 30.0 Å². The fraction of sp³-hybridized carbons (Fsp3) is 0.150. The predicted molar refractivity (Wildman–Crippen MR) is 110 cm³/mol. The second-order valence-electron chi connectivity index (χ2n) is 6.10. The van der Waals surface area contributed by atoms with Crippen molar-refractivity contribution in [2.75, 3.05) is 5.75 Å². The van der Waals surface area contributed by atoms with Gasteiger partial charge in [0.1, 0.15) is 5.01 Å². The molecule has 3 heterocycles. The Hall–Kier alpha value is -3.22. The smallest absolute Gasteiger partial charge is 0.200 e. The first-order valence-electron chi connectivity index (χ1n) is 8.66. The average molecular weight is 422 g/mol. The Morgan fingerprint density at radius 3 is 2.83 bits per heavy atom. The van der Waals surface area contributed by atoms with Crippen molar-refractivity contribution in [1.82, 2.24) is 19.7 Å². The van der Waals surface area contributed by atoms with Gasteiger partial charge < -0.3 is 8.98 Å². The van der Waals surface area contributed by atoms with Crippen LogP contribution in [0, 0.1) is 11.3 Å². The SMILES string of the molecule is Cn1c(SCC(=O)[C@@H](C#N)c2nc(-c3ccccc3)cs2)nnc1-c1ccco1. The van der Waals surface area contributed by atoms with Gasteiger partial charge in [-0.15, -0.1) is 21.5 Å². The van der Waals surface area contributed by atoms with Crippen LogP contribution in [0.4, 0.5) is 0 Å². The van der Waals surface area contributed by atoms with E-state index in [1.165, 1.54) is 23.1 Å². The van der Waals surface area contributed by atoms with Gasteiger partial charge in [0, 0.05) is 18.0 Å². The number of hydrogen-bond donors (Lipinski definition) is 0. The first-order valence-corrected chi connectivity index (χ1v) is 10.5. The van der Waals surface area contributed by atoms with Crippen molar-refractivity contribution in [2.24, 2.45) is 7.05 Å². The molecule has 0 aliphatic rings. The van der Waals surface area contributed by atoms with Crippen LogP contribution in [0.2, 0.25) is 0 Å². The number of carbonyl (C=O) groups is 1. The number of benzene rings is 1. The van der Waals surface area contributed by atoms with Gasteiger partial charge in [-0.3, -0.25) is 4.79 Å². The number of nitriles is 1. The number of furan rings is 1. The Bertz CT molecular complexity index is 1160. The Morgan fingerprint density at radius 1 is 1.28 bits per heavy atom. The molecule has 0 amide bonds. The van der Waals surface area contributed by atoms with Gasteiger partial charge in [0.25, 0.3) is 0 Å². The summed E-state index contributed by atoms with van der Waals surface area (Å²) in [4.78, 5) is 17.2. The fourth-order valence-electron chi connectivity index (χ4n) is 2.71. The lowest BCUT2D eigenvalue weighted by molar-refractivity contribution is -0.116. The van der Waals surface area contributed by atoms with E-state index in [2.05, 4.69) is 21.3 Å². The van der Waals surface area contributed by atoms with Crippen LogP contribution >= 0.6 is 23.1 Å². The number of aromatic nitrogens is 4. The third-order valence-electron chi connectivity index (χ3n) is 4.21. The quantitative estimate of drug-likeness (QED) is 0.413. The lowest BCUT2D eigenvalue weighted by Gasteiger charge is -2.05. The van der Waals surface area contributed by atoms with Gasteiger partial charge in [0.15, 0.2) is 28.4 Å². The number of Topliss-reactive ketones (excluding diaryl/α,β-unsaturated/α-hetero) is 1. The average Bonchev–Trinajstić information content (AvgIpc) is 3.49. The van der Waals surface area contributed by atoms with Gasteiger partial charge >= 0.3 is 0 Å². The molecule has 7 nitrogen and oxygen atoms in total. The summed E-state index contributed by atoms with van der Waals surface area (Å²) in [6, 6.07) is 15.3. The minimum absolute atomic E-state index is 0.0998. The summed E-state index contributed by atoms with van der Waals surface area (Å²) < 4.78 is 7.10. The fourth-order valence-corrected chi connectivity index (χ4v) is 4.42. The largest absolute Gasteiger partial charge is 0.461 e. The van der Waals surface area contributed by atoms with E-state index in [0.29, 0.717) is 21.7 Å². The molecule has 0 radical (unpaired) electrons. The zero-order valence-electron chi connectivity index (χ0n) is 15.3. The Balaban J connectivity index is 1.45. The predicted octanol–water partition coefficient (Wildman–Crippen LogP) is 4.17. The molecule has 4 aromatic rings. The van der Waals surface area contributed by atoms with Gasteiger partial charge in [-0.2, -0.15) is 5.26 Å². The molecule has 0 N–H and O–H groups in total. The molecule has 1 atom stereocenters. The molecular formula is C20H15N5O2S2. The maximum atomic E-state index is 12.7. The number of nitrogens with zero attached hydrogens (tertiary/aromatic N) is 5. The van der Waals surface area contributed by atoms with Gasteiger partial charge in [-0.05, 0) is 12.1 Å². The zero-order valence-corrected chi connectivity index (χ0v) is 17.0. The minimum Gasteiger partial charge on any atom is -0.461 e. The third kappa shape index (κ3) is 3.99. The van der Waals surface area contributed by atoms with Crippen LogP contribution < -0.4 is 0 Å². The number of carbonyl (C=O) groups excluding carboxylic acids is 1. The van der Waals surface area contributed by atoms with Crippen LogP contribution in [0.3, 0.4) is 0 Å². The van der Waals surface area contributed by atoms with E-state index in [0.717, 1.165) is 11.3 Å². The molecule has 0 spiro atoms. The van der Waals surface area contributed by atoms with Crippen molar-refractivity contribution in [3.63, 3.8) is 0 Å². The number of ketones is 1. The molecule has 0 aliphatic carbocycles. The highest BCUT2D eigenvalue weighted by Crippen LogP contribution is 2.29. The summed E-state index contributed by atoms with van der Waals surface area (Å²) in [7, 11) is 1.80. The number of rotatable bonds is 7. The molecule has 0 fully saturated rings. The van der Waals surface area contributed by atoms with E-state index in [9.17, 15) is 10.1 Å². The van der Waals surface area contributed by atoms with Gasteiger partial charge in [-0.1, -0.05) is 42.1 Å². The highest BCUT2D eigenvalue weighted by molar-refractivity contribution is 7.99. The summed E-state index contributed by atoms with van der Waals surface area (Å²) in [5.41, 5.74) is 1.72. The highest BCUT2D eigenvalue weighted by Gasteiger charge is 2.25. The van der Waals surface area contributed by atoms with Crippen LogP contribution in [-0.2, 0) is 11.8 Å². The lowest BCUT2D eigenvalue weighted by Crippen LogP contribution is -2.13. The molecule has 0 bridgehead atoms. The minimum atomic E-state index is -0.900. The summed E-state index contributed by atoms with van der Waals surface area (Å²) in [6.07, 6.45) is 1.57. The van der Waals surface area contributed by atoms with Crippen molar-refractivity contribution in [2.45, 2.75) is 11.1 Å². The molecule has 0 aliphatic heterocycles. The number of thioether (sulfide) groups is 1. The van der Waals surface area contributed by atoms with Crippen LogP contribution in [0.5, 0.6) is 0 Å². The maximum Gasteiger partial charge on any atom is 0.200 e. The second-order valence-corrected chi connectivity index (χ2v) is 7.93. The molecule has 0 saturated carbocycles. The Labute approximate surface area is 175 Å². The lowest BCUT2D eigenvalue weighted by atomic mass is 10.1. The summed E-state index contributed by atoms with van der Waals surface area (Å²) >= 11 is 2.56. The molecule has 4 rings (SSSR count). The summed E-state index contributed by atoms with van der Waals surface area (Å²) in [5, 5.41) is 20.7. The van der Waals surface area contributed by atoms with Crippen molar-refractivity contribution in [3.05, 3.63) is 59.1 Å². The van der Waals surface area contributed by atoms with E-state index >= 15 is 0 Å². The second kappa shape index (κ2) is 8.43. The standard InChI is InChI=1S/C20H15N5O2S2/c1-25-18(17-8-5-9-27-17)23-24-20(25)29-12-16(26)14(10-21)19-22-15(11-28-19)13-6-3-2-4-7-13/h2-9,11,14H,12H2,1H3/t14-/m1/s1. The summed E-state index contributed by atoms with van der Waals surface area (Å²) in [6.45, 7) is 0. The first kappa shape index (κ1) is 19.1. The Kier molecular flexibility index (Phi) is 5.55. The molecule has 3 aromatic heterocycles. The third-order valence-corrected chi connectivity index (χ3v) is 6.16. The van der Waals surface area contributed by atoms with Crippen LogP contribution in [0.25, 0.3) is 22.8 Å². The van der Waals surface area contributed by atoms with Gasteiger partial charge in [0.05, 0.1) is 23.8 Å². The number of hydrogen-bond acceptors (Lipinski definition) is 8. The van der Waals surface area contributed by atoms with E-state index < -0.39 is 5.92 Å². The van der Waals surface area contributed by atoms with Gasteiger partial charge in [0.2, 0.25) is 0 Å². The molecule has 0 saturated heterocycles. The van der Waals surface area contributed by atoms with Crippen LogP contribution in [0.15, 0.2) is 63.7 Å². The van der Waals surface area contributed by atoms with E-state index in [-0.39, 0.29) is 11.5 Å². The maximum absolute atomic E-state index is 12.7. The Morgan fingerprint density at radius 2 is 2.10 bits per heavy atom. The van der Waals surface area contributed by atoms with Crippen molar-refractivity contribution in [3.8, 4) is 28.9 Å². The van der Waals surface area contributed by atoms with E-state index in [1.807, 2.05) is 35.7 Å².